The Morgan fingerprint density at radius 3 is 1.87 bits per heavy atom. The smallest absolute Gasteiger partial charge is 0.155 e. The highest BCUT2D eigenvalue weighted by atomic mass is 35.5. The number of quaternary nitrogens is 1. The van der Waals surface area contributed by atoms with Gasteiger partial charge in [0.25, 0.3) is 0 Å². The van der Waals surface area contributed by atoms with Gasteiger partial charge in [-0.1, -0.05) is 102 Å². The molecular weight excluding hydrogens is 390 g/mol. The molecule has 172 valence electrons. The molecule has 0 heterocycles. The molecule has 0 aliphatic carbocycles. The minimum absolute atomic E-state index is 0. The third kappa shape index (κ3) is 14.8. The van der Waals surface area contributed by atoms with Crippen LogP contribution >= 0.6 is 0 Å². The first-order chi connectivity index (χ1) is 14.1. The standard InChI is InChI=1S/C27H46NO.ClH/c1-4-6-7-8-9-10-11-12-13-14-18-23-28(3,24-19-22-27(29)5-2)25-26-20-16-15-17-21-26;/h5,15-17,20-21H,2,4,6-14,18-19,22-25H2,1,3H3;1H/q+1;/p-1. The molecule has 0 saturated heterocycles. The van der Waals surface area contributed by atoms with E-state index in [-0.39, 0.29) is 18.2 Å². The summed E-state index contributed by atoms with van der Waals surface area (Å²) in [6, 6.07) is 10.8. The topological polar surface area (TPSA) is 17.1 Å². The summed E-state index contributed by atoms with van der Waals surface area (Å²) in [7, 11) is 2.36. The first-order valence-corrected chi connectivity index (χ1v) is 12.1. The summed E-state index contributed by atoms with van der Waals surface area (Å²) in [6.45, 7) is 9.20. The fourth-order valence-corrected chi connectivity index (χ4v) is 4.19. The predicted octanol–water partition coefficient (Wildman–Crippen LogP) is 4.48. The Hall–Kier alpha value is -1.12. The molecule has 0 bridgehead atoms. The number of halogens is 1. The maximum absolute atomic E-state index is 11.6. The van der Waals surface area contributed by atoms with Crippen molar-refractivity contribution in [3.05, 3.63) is 48.6 Å². The molecule has 0 amide bonds. The van der Waals surface area contributed by atoms with Gasteiger partial charge in [0.05, 0.1) is 20.1 Å². The van der Waals surface area contributed by atoms with Crippen LogP contribution in [0.25, 0.3) is 0 Å². The number of rotatable bonds is 19. The number of hydrogen-bond acceptors (Lipinski definition) is 1. The van der Waals surface area contributed by atoms with Gasteiger partial charge >= 0.3 is 0 Å². The van der Waals surface area contributed by atoms with E-state index < -0.39 is 0 Å². The van der Waals surface area contributed by atoms with Crippen molar-refractivity contribution in [3.8, 4) is 0 Å². The Bertz CT molecular complexity index is 545. The van der Waals surface area contributed by atoms with Gasteiger partial charge in [-0.2, -0.15) is 0 Å². The van der Waals surface area contributed by atoms with Gasteiger partial charge in [-0.05, 0) is 18.9 Å². The van der Waals surface area contributed by atoms with Crippen LogP contribution in [-0.2, 0) is 11.3 Å². The maximum atomic E-state index is 11.6. The zero-order chi connectivity index (χ0) is 21.2. The first-order valence-electron chi connectivity index (χ1n) is 12.1. The second-order valence-electron chi connectivity index (χ2n) is 9.02. The minimum atomic E-state index is 0. The van der Waals surface area contributed by atoms with Gasteiger partial charge in [-0.3, -0.25) is 4.79 Å². The van der Waals surface area contributed by atoms with Gasteiger partial charge in [0.2, 0.25) is 0 Å². The number of carbonyl (C=O) groups is 1. The van der Waals surface area contributed by atoms with E-state index in [0.29, 0.717) is 6.42 Å². The van der Waals surface area contributed by atoms with E-state index in [4.69, 9.17) is 0 Å². The normalized spacial score (nSPS) is 12.7. The van der Waals surface area contributed by atoms with E-state index in [9.17, 15) is 4.79 Å². The number of unbranched alkanes of at least 4 members (excludes halogenated alkanes) is 10. The van der Waals surface area contributed by atoms with E-state index in [1.807, 2.05) is 0 Å². The van der Waals surface area contributed by atoms with Crippen molar-refractivity contribution in [2.45, 2.75) is 96.9 Å². The average molecular weight is 436 g/mol. The third-order valence-electron chi connectivity index (χ3n) is 6.06. The van der Waals surface area contributed by atoms with Gasteiger partial charge in [-0.15, -0.1) is 0 Å². The van der Waals surface area contributed by atoms with Crippen LogP contribution in [0.1, 0.15) is 96.0 Å². The molecule has 0 aliphatic heterocycles. The summed E-state index contributed by atoms with van der Waals surface area (Å²) in [5.74, 6) is 0.172. The molecule has 1 unspecified atom stereocenters. The minimum Gasteiger partial charge on any atom is -1.00 e. The van der Waals surface area contributed by atoms with Crippen LogP contribution in [0.3, 0.4) is 0 Å². The Labute approximate surface area is 193 Å². The van der Waals surface area contributed by atoms with Crippen molar-refractivity contribution >= 4 is 5.78 Å². The molecule has 0 aromatic heterocycles. The Morgan fingerprint density at radius 1 is 0.833 bits per heavy atom. The monoisotopic (exact) mass is 435 g/mol. The van der Waals surface area contributed by atoms with Gasteiger partial charge in [0.15, 0.2) is 5.78 Å². The number of benzene rings is 1. The van der Waals surface area contributed by atoms with E-state index in [0.717, 1.165) is 24.0 Å². The zero-order valence-corrected chi connectivity index (χ0v) is 20.5. The van der Waals surface area contributed by atoms with Crippen molar-refractivity contribution in [2.75, 3.05) is 20.1 Å². The van der Waals surface area contributed by atoms with Crippen molar-refractivity contribution in [1.82, 2.24) is 0 Å². The van der Waals surface area contributed by atoms with E-state index in [2.05, 4.69) is 50.9 Å². The fourth-order valence-electron chi connectivity index (χ4n) is 4.19. The van der Waals surface area contributed by atoms with Gasteiger partial charge in [0.1, 0.15) is 6.54 Å². The molecule has 0 saturated carbocycles. The summed E-state index contributed by atoms with van der Waals surface area (Å²) >= 11 is 0. The fraction of sp³-hybridized carbons (Fsp3) is 0.667. The lowest BCUT2D eigenvalue weighted by molar-refractivity contribution is -0.923. The van der Waals surface area contributed by atoms with Crippen molar-refractivity contribution in [2.24, 2.45) is 0 Å². The van der Waals surface area contributed by atoms with Crippen LogP contribution < -0.4 is 12.4 Å². The SMILES string of the molecule is C=CC(=O)CCC[N+](C)(CCCCCCCCCCCCC)Cc1ccccc1.[Cl-]. The molecule has 0 N–H and O–H groups in total. The maximum Gasteiger partial charge on any atom is 0.155 e. The molecule has 1 aromatic rings. The predicted molar refractivity (Wildman–Crippen MR) is 127 cm³/mol. The summed E-state index contributed by atoms with van der Waals surface area (Å²) in [5.41, 5.74) is 1.40. The van der Waals surface area contributed by atoms with E-state index in [1.165, 1.54) is 88.8 Å². The molecule has 0 fully saturated rings. The zero-order valence-electron chi connectivity index (χ0n) is 19.7. The molecule has 0 aliphatic rings. The van der Waals surface area contributed by atoms with E-state index in [1.54, 1.807) is 0 Å². The summed E-state index contributed by atoms with van der Waals surface area (Å²) in [4.78, 5) is 11.6. The second kappa shape index (κ2) is 18.6. The van der Waals surface area contributed by atoms with Gasteiger partial charge in [-0.25, -0.2) is 0 Å². The van der Waals surface area contributed by atoms with Crippen molar-refractivity contribution in [3.63, 3.8) is 0 Å². The molecule has 1 aromatic carbocycles. The van der Waals surface area contributed by atoms with Crippen LogP contribution in [-0.4, -0.2) is 30.4 Å². The van der Waals surface area contributed by atoms with Crippen molar-refractivity contribution in [1.29, 1.82) is 0 Å². The number of allylic oxidation sites excluding steroid dienone is 1. The Balaban J connectivity index is 0.00000841. The molecule has 30 heavy (non-hydrogen) atoms. The lowest BCUT2D eigenvalue weighted by atomic mass is 10.1. The van der Waals surface area contributed by atoms with Crippen LogP contribution in [0.15, 0.2) is 43.0 Å². The molecule has 3 heteroatoms. The summed E-state index contributed by atoms with van der Waals surface area (Å²) < 4.78 is 1.03. The Kier molecular flexibility index (Phi) is 17.9. The molecule has 1 rings (SSSR count). The highest BCUT2D eigenvalue weighted by molar-refractivity contribution is 5.88. The number of hydrogen-bond donors (Lipinski definition) is 0. The largest absolute Gasteiger partial charge is 1.00 e. The molecule has 0 spiro atoms. The average Bonchev–Trinajstić information content (AvgIpc) is 2.72. The lowest BCUT2D eigenvalue weighted by Gasteiger charge is -2.35. The highest BCUT2D eigenvalue weighted by Gasteiger charge is 2.21. The number of carbonyl (C=O) groups excluding carboxylic acids is 1. The third-order valence-corrected chi connectivity index (χ3v) is 6.06. The molecule has 0 radical (unpaired) electrons. The summed E-state index contributed by atoms with van der Waals surface area (Å²) in [5, 5.41) is 0. The molecule has 1 atom stereocenters. The van der Waals surface area contributed by atoms with Crippen LogP contribution in [0.5, 0.6) is 0 Å². The number of ketones is 1. The van der Waals surface area contributed by atoms with Gasteiger partial charge in [0, 0.05) is 18.4 Å². The quantitative estimate of drug-likeness (QED) is 0.178. The Morgan fingerprint density at radius 2 is 1.33 bits per heavy atom. The van der Waals surface area contributed by atoms with Crippen molar-refractivity contribution < 1.29 is 21.7 Å². The van der Waals surface area contributed by atoms with Gasteiger partial charge < -0.3 is 16.9 Å². The molecular formula is C27H46ClNO. The van der Waals surface area contributed by atoms with E-state index >= 15 is 0 Å². The van der Waals surface area contributed by atoms with Crippen LogP contribution in [0, 0.1) is 0 Å². The second-order valence-corrected chi connectivity index (χ2v) is 9.02. The number of nitrogens with zero attached hydrogens (tertiary/aromatic N) is 1. The first kappa shape index (κ1) is 28.9. The van der Waals surface area contributed by atoms with Crippen LogP contribution in [0.2, 0.25) is 0 Å². The molecule has 2 nitrogen and oxygen atoms in total. The van der Waals surface area contributed by atoms with Crippen LogP contribution in [0.4, 0.5) is 0 Å². The summed E-state index contributed by atoms with van der Waals surface area (Å²) in [6.07, 6.45) is 18.3. The lowest BCUT2D eigenvalue weighted by Crippen LogP contribution is -3.00. The highest BCUT2D eigenvalue weighted by Crippen LogP contribution is 2.17.